The third-order valence-electron chi connectivity index (χ3n) is 5.26. The quantitative estimate of drug-likeness (QED) is 0.830. The Bertz CT molecular complexity index is 626. The molecule has 2 amide bonds. The molecule has 2 aliphatic heterocycles. The van der Waals surface area contributed by atoms with E-state index in [4.69, 9.17) is 4.74 Å². The van der Waals surface area contributed by atoms with Gasteiger partial charge in [-0.3, -0.25) is 14.5 Å². The first kappa shape index (κ1) is 17.7. The molecule has 1 aromatic rings. The number of nitrogens with zero attached hydrogens (tertiary/aromatic N) is 3. The molecule has 2 aliphatic rings. The maximum atomic E-state index is 12.7. The van der Waals surface area contributed by atoms with Crippen LogP contribution in [0.3, 0.4) is 0 Å². The molecule has 6 heteroatoms. The summed E-state index contributed by atoms with van der Waals surface area (Å²) < 4.78 is 5.33. The molecule has 25 heavy (non-hydrogen) atoms. The van der Waals surface area contributed by atoms with Gasteiger partial charge in [0.15, 0.2) is 0 Å². The molecule has 6 nitrogen and oxygen atoms in total. The second-order valence-corrected chi connectivity index (χ2v) is 6.79. The van der Waals surface area contributed by atoms with Gasteiger partial charge in [-0.05, 0) is 37.1 Å². The molecule has 1 aromatic carbocycles. The van der Waals surface area contributed by atoms with Crippen LogP contribution in [-0.4, -0.2) is 72.9 Å². The van der Waals surface area contributed by atoms with Gasteiger partial charge in [0.2, 0.25) is 11.8 Å². The number of ether oxygens (including phenoxy) is 1. The Hall–Kier alpha value is -2.08. The summed E-state index contributed by atoms with van der Waals surface area (Å²) in [6, 6.07) is 8.41. The summed E-state index contributed by atoms with van der Waals surface area (Å²) in [6.07, 6.45) is 2.17. The summed E-state index contributed by atoms with van der Waals surface area (Å²) in [5.74, 6) is 1.11. The van der Waals surface area contributed by atoms with Crippen LogP contribution in [0.1, 0.15) is 31.4 Å². The van der Waals surface area contributed by atoms with Crippen molar-refractivity contribution in [2.45, 2.75) is 25.8 Å². The van der Waals surface area contributed by atoms with Crippen LogP contribution in [0, 0.1) is 0 Å². The number of carbonyl (C=O) groups is 2. The molecular weight excluding hydrogens is 318 g/mol. The average Bonchev–Trinajstić information content (AvgIpc) is 3.10. The third kappa shape index (κ3) is 4.12. The van der Waals surface area contributed by atoms with Gasteiger partial charge in [-0.15, -0.1) is 0 Å². The Labute approximate surface area is 149 Å². The molecule has 0 aliphatic carbocycles. The maximum absolute atomic E-state index is 12.7. The van der Waals surface area contributed by atoms with Gasteiger partial charge in [0.05, 0.1) is 13.7 Å². The van der Waals surface area contributed by atoms with Crippen molar-refractivity contribution >= 4 is 11.8 Å². The predicted molar refractivity (Wildman–Crippen MR) is 95.4 cm³/mol. The number of carbonyl (C=O) groups excluding carboxylic acids is 2. The molecular formula is C19H27N3O3. The Balaban J connectivity index is 1.60. The molecule has 2 fully saturated rings. The SMILES string of the molecule is COc1cccc([C@@H]2CCCN2CC(=O)N2CCN(C(C)=O)CC2)c1. The normalized spacial score (nSPS) is 21.4. The van der Waals surface area contributed by atoms with E-state index in [1.54, 1.807) is 18.9 Å². The highest BCUT2D eigenvalue weighted by Crippen LogP contribution is 2.33. The van der Waals surface area contributed by atoms with Gasteiger partial charge in [-0.25, -0.2) is 0 Å². The molecule has 0 saturated carbocycles. The van der Waals surface area contributed by atoms with E-state index >= 15 is 0 Å². The largest absolute Gasteiger partial charge is 0.497 e. The van der Waals surface area contributed by atoms with E-state index in [0.29, 0.717) is 32.7 Å². The lowest BCUT2D eigenvalue weighted by Gasteiger charge is -2.35. The zero-order valence-electron chi connectivity index (χ0n) is 15.1. The van der Waals surface area contributed by atoms with Crippen molar-refractivity contribution in [3.63, 3.8) is 0 Å². The van der Waals surface area contributed by atoms with Gasteiger partial charge in [-0.1, -0.05) is 12.1 Å². The lowest BCUT2D eigenvalue weighted by molar-refractivity contribution is -0.139. The van der Waals surface area contributed by atoms with E-state index in [-0.39, 0.29) is 17.9 Å². The van der Waals surface area contributed by atoms with E-state index in [2.05, 4.69) is 17.0 Å². The molecule has 2 saturated heterocycles. The van der Waals surface area contributed by atoms with Crippen molar-refractivity contribution in [2.24, 2.45) is 0 Å². The Kier molecular flexibility index (Phi) is 5.58. The summed E-state index contributed by atoms with van der Waals surface area (Å²) >= 11 is 0. The summed E-state index contributed by atoms with van der Waals surface area (Å²) in [5.41, 5.74) is 1.21. The molecule has 0 aromatic heterocycles. The molecule has 136 valence electrons. The molecule has 3 rings (SSSR count). The van der Waals surface area contributed by atoms with Gasteiger partial charge in [0.1, 0.15) is 5.75 Å². The highest BCUT2D eigenvalue weighted by molar-refractivity contribution is 5.79. The monoisotopic (exact) mass is 345 g/mol. The van der Waals surface area contributed by atoms with Gasteiger partial charge in [0.25, 0.3) is 0 Å². The lowest BCUT2D eigenvalue weighted by Crippen LogP contribution is -2.52. The first-order valence-corrected chi connectivity index (χ1v) is 9.00. The number of amides is 2. The minimum absolute atomic E-state index is 0.0877. The van der Waals surface area contributed by atoms with Gasteiger partial charge >= 0.3 is 0 Å². The van der Waals surface area contributed by atoms with E-state index in [0.717, 1.165) is 25.1 Å². The number of hydrogen-bond donors (Lipinski definition) is 0. The predicted octanol–water partition coefficient (Wildman–Crippen LogP) is 1.52. The van der Waals surface area contributed by atoms with Gasteiger partial charge < -0.3 is 14.5 Å². The summed E-state index contributed by atoms with van der Waals surface area (Å²) in [6.45, 7) is 5.52. The number of benzene rings is 1. The Morgan fingerprint density at radius 2 is 1.84 bits per heavy atom. The third-order valence-corrected chi connectivity index (χ3v) is 5.26. The molecule has 2 heterocycles. The fourth-order valence-electron chi connectivity index (χ4n) is 3.79. The van der Waals surface area contributed by atoms with Crippen molar-refractivity contribution in [2.75, 3.05) is 46.4 Å². The van der Waals surface area contributed by atoms with Crippen LogP contribution in [0.5, 0.6) is 5.75 Å². The lowest BCUT2D eigenvalue weighted by atomic mass is 10.0. The number of rotatable bonds is 4. The maximum Gasteiger partial charge on any atom is 0.236 e. The molecule has 0 spiro atoms. The zero-order chi connectivity index (χ0) is 17.8. The fraction of sp³-hybridized carbons (Fsp3) is 0.579. The average molecular weight is 345 g/mol. The van der Waals surface area contributed by atoms with Crippen LogP contribution in [0.2, 0.25) is 0 Å². The van der Waals surface area contributed by atoms with Crippen molar-refractivity contribution < 1.29 is 14.3 Å². The minimum atomic E-state index is 0.0877. The smallest absolute Gasteiger partial charge is 0.236 e. The van der Waals surface area contributed by atoms with Gasteiger partial charge in [-0.2, -0.15) is 0 Å². The minimum Gasteiger partial charge on any atom is -0.497 e. The van der Waals surface area contributed by atoms with Crippen LogP contribution < -0.4 is 4.74 Å². The second-order valence-electron chi connectivity index (χ2n) is 6.79. The highest BCUT2D eigenvalue weighted by Gasteiger charge is 2.30. The van der Waals surface area contributed by atoms with Crippen LogP contribution in [0.4, 0.5) is 0 Å². The Morgan fingerprint density at radius 3 is 2.52 bits per heavy atom. The van der Waals surface area contributed by atoms with Crippen molar-refractivity contribution in [1.82, 2.24) is 14.7 Å². The van der Waals surface area contributed by atoms with Crippen LogP contribution in [-0.2, 0) is 9.59 Å². The summed E-state index contributed by atoms with van der Waals surface area (Å²) in [5, 5.41) is 0. The Morgan fingerprint density at radius 1 is 1.12 bits per heavy atom. The molecule has 0 N–H and O–H groups in total. The molecule has 0 unspecified atom stereocenters. The van der Waals surface area contributed by atoms with Crippen LogP contribution in [0.25, 0.3) is 0 Å². The standard InChI is InChI=1S/C19H27N3O3/c1-15(23)20-9-11-21(12-10-20)19(24)14-22-8-4-7-18(22)16-5-3-6-17(13-16)25-2/h3,5-6,13,18H,4,7-12,14H2,1-2H3/t18-/m0/s1. The number of piperazine rings is 1. The van der Waals surface area contributed by atoms with Gasteiger partial charge in [0, 0.05) is 39.1 Å². The second kappa shape index (κ2) is 7.87. The topological polar surface area (TPSA) is 53.1 Å². The number of hydrogen-bond acceptors (Lipinski definition) is 4. The first-order valence-electron chi connectivity index (χ1n) is 9.00. The van der Waals surface area contributed by atoms with E-state index < -0.39 is 0 Å². The number of likely N-dealkylation sites (tertiary alicyclic amines) is 1. The van der Waals surface area contributed by atoms with E-state index in [1.807, 2.05) is 17.0 Å². The van der Waals surface area contributed by atoms with Crippen molar-refractivity contribution in [3.05, 3.63) is 29.8 Å². The molecule has 0 bridgehead atoms. The number of methoxy groups -OCH3 is 1. The highest BCUT2D eigenvalue weighted by atomic mass is 16.5. The van der Waals surface area contributed by atoms with Crippen molar-refractivity contribution in [3.8, 4) is 5.75 Å². The van der Waals surface area contributed by atoms with E-state index in [9.17, 15) is 9.59 Å². The van der Waals surface area contributed by atoms with E-state index in [1.165, 1.54) is 5.56 Å². The fourth-order valence-corrected chi connectivity index (χ4v) is 3.79. The first-order chi connectivity index (χ1) is 12.1. The van der Waals surface area contributed by atoms with Crippen molar-refractivity contribution in [1.29, 1.82) is 0 Å². The van der Waals surface area contributed by atoms with Crippen LogP contribution in [0.15, 0.2) is 24.3 Å². The summed E-state index contributed by atoms with van der Waals surface area (Å²) in [7, 11) is 1.68. The van der Waals surface area contributed by atoms with Crippen LogP contribution >= 0.6 is 0 Å². The summed E-state index contributed by atoms with van der Waals surface area (Å²) in [4.78, 5) is 30.1. The zero-order valence-corrected chi connectivity index (χ0v) is 15.1. The molecule has 0 radical (unpaired) electrons. The molecule has 1 atom stereocenters.